The third kappa shape index (κ3) is 2.73. The van der Waals surface area contributed by atoms with Crippen molar-refractivity contribution >= 4 is 17.2 Å². The summed E-state index contributed by atoms with van der Waals surface area (Å²) in [7, 11) is 0. The fourth-order valence-corrected chi connectivity index (χ4v) is 2.07. The summed E-state index contributed by atoms with van der Waals surface area (Å²) in [5.74, 6) is -0.524. The number of ether oxygens (including phenoxy) is 1. The molecule has 1 unspecified atom stereocenters. The van der Waals surface area contributed by atoms with E-state index in [2.05, 4.69) is 0 Å². The highest BCUT2D eigenvalue weighted by Gasteiger charge is 2.24. The van der Waals surface area contributed by atoms with Crippen LogP contribution in [-0.2, 0) is 4.74 Å². The molecule has 92 valence electrons. The van der Waals surface area contributed by atoms with Crippen molar-refractivity contribution in [2.75, 3.05) is 19.7 Å². The summed E-state index contributed by atoms with van der Waals surface area (Å²) in [6.07, 6.45) is -0.331. The quantitative estimate of drug-likeness (QED) is 0.780. The molecule has 0 aromatic heterocycles. The fourth-order valence-electron chi connectivity index (χ4n) is 1.90. The van der Waals surface area contributed by atoms with E-state index in [0.29, 0.717) is 18.7 Å². The van der Waals surface area contributed by atoms with Crippen LogP contribution in [0.5, 0.6) is 5.75 Å². The Bertz CT molecular complexity index is 439. The maximum absolute atomic E-state index is 13.7. The Kier molecular flexibility index (Phi) is 3.59. The normalized spacial score (nSPS) is 20.4. The van der Waals surface area contributed by atoms with Crippen LogP contribution in [0, 0.1) is 5.82 Å². The van der Waals surface area contributed by atoms with Crippen molar-refractivity contribution in [2.45, 2.75) is 13.0 Å². The second kappa shape index (κ2) is 4.98. The molecule has 17 heavy (non-hydrogen) atoms. The van der Waals surface area contributed by atoms with Crippen molar-refractivity contribution < 1.29 is 14.2 Å². The van der Waals surface area contributed by atoms with Gasteiger partial charge in [-0.25, -0.2) is 4.39 Å². The molecule has 1 saturated heterocycles. The number of nitrogens with zero attached hydrogens (tertiary/aromatic N) is 1. The van der Waals surface area contributed by atoms with E-state index in [0.717, 1.165) is 17.6 Å². The maximum Gasteiger partial charge on any atom is 0.132 e. The van der Waals surface area contributed by atoms with E-state index in [4.69, 9.17) is 22.1 Å². The van der Waals surface area contributed by atoms with Crippen molar-refractivity contribution in [3.05, 3.63) is 29.6 Å². The van der Waals surface area contributed by atoms with E-state index in [1.54, 1.807) is 6.07 Å². The number of hydrogen-bond acceptors (Lipinski definition) is 3. The van der Waals surface area contributed by atoms with Gasteiger partial charge in [-0.2, -0.15) is 0 Å². The van der Waals surface area contributed by atoms with Crippen LogP contribution in [0.4, 0.5) is 4.39 Å². The van der Waals surface area contributed by atoms with E-state index in [1.807, 2.05) is 11.8 Å². The Labute approximate surface area is 105 Å². The van der Waals surface area contributed by atoms with Gasteiger partial charge in [0.25, 0.3) is 0 Å². The molecule has 2 rings (SSSR count). The molecular weight excluding hydrogens is 241 g/mol. The Morgan fingerprint density at radius 2 is 2.35 bits per heavy atom. The number of halogens is 1. The lowest BCUT2D eigenvalue weighted by atomic mass is 10.1. The number of rotatable bonds is 1. The lowest BCUT2D eigenvalue weighted by molar-refractivity contribution is -0.00814. The van der Waals surface area contributed by atoms with E-state index in [-0.39, 0.29) is 11.9 Å². The predicted molar refractivity (Wildman–Crippen MR) is 66.6 cm³/mol. The minimum absolute atomic E-state index is 0.0788. The van der Waals surface area contributed by atoms with Crippen LogP contribution in [0.2, 0.25) is 0 Å². The van der Waals surface area contributed by atoms with Crippen molar-refractivity contribution in [3.8, 4) is 5.75 Å². The molecule has 5 heteroatoms. The van der Waals surface area contributed by atoms with Gasteiger partial charge in [0.1, 0.15) is 17.7 Å². The molecule has 0 amide bonds. The van der Waals surface area contributed by atoms with Crippen molar-refractivity contribution in [3.63, 3.8) is 0 Å². The van der Waals surface area contributed by atoms with Gasteiger partial charge in [-0.15, -0.1) is 0 Å². The molecule has 0 saturated carbocycles. The number of phenols is 1. The van der Waals surface area contributed by atoms with Crippen LogP contribution in [0.1, 0.15) is 18.6 Å². The summed E-state index contributed by atoms with van der Waals surface area (Å²) in [4.78, 5) is 2.79. The van der Waals surface area contributed by atoms with Gasteiger partial charge in [-0.05, 0) is 19.1 Å². The van der Waals surface area contributed by atoms with Crippen molar-refractivity contribution in [1.82, 2.24) is 4.90 Å². The first-order valence-corrected chi connectivity index (χ1v) is 5.84. The molecule has 0 bridgehead atoms. The van der Waals surface area contributed by atoms with Crippen molar-refractivity contribution in [1.29, 1.82) is 0 Å². The van der Waals surface area contributed by atoms with Crippen LogP contribution < -0.4 is 0 Å². The van der Waals surface area contributed by atoms with Gasteiger partial charge in [-0.1, -0.05) is 12.2 Å². The molecule has 1 aliphatic rings. The SMILES string of the molecule is CC(=S)N1CCOC(c2ccc(O)cc2F)C1. The summed E-state index contributed by atoms with van der Waals surface area (Å²) < 4.78 is 19.2. The van der Waals surface area contributed by atoms with Gasteiger partial charge in [-0.3, -0.25) is 0 Å². The molecule has 3 nitrogen and oxygen atoms in total. The largest absolute Gasteiger partial charge is 0.508 e. The van der Waals surface area contributed by atoms with Gasteiger partial charge < -0.3 is 14.7 Å². The fraction of sp³-hybridized carbons (Fsp3) is 0.417. The van der Waals surface area contributed by atoms with Crippen LogP contribution >= 0.6 is 12.2 Å². The third-order valence-corrected chi connectivity index (χ3v) is 3.10. The zero-order valence-corrected chi connectivity index (χ0v) is 10.3. The predicted octanol–water partition coefficient (Wildman–Crippen LogP) is 2.25. The molecule has 1 aromatic carbocycles. The third-order valence-electron chi connectivity index (χ3n) is 2.84. The molecule has 1 heterocycles. The molecule has 0 radical (unpaired) electrons. The number of phenolic OH excluding ortho intramolecular Hbond substituents is 1. The van der Waals surface area contributed by atoms with Gasteiger partial charge >= 0.3 is 0 Å². The topological polar surface area (TPSA) is 32.7 Å². The van der Waals surface area contributed by atoms with E-state index < -0.39 is 5.82 Å². The summed E-state index contributed by atoms with van der Waals surface area (Å²) in [6.45, 7) is 3.67. The Morgan fingerprint density at radius 3 is 3.00 bits per heavy atom. The van der Waals surface area contributed by atoms with Gasteiger partial charge in [0.2, 0.25) is 0 Å². The number of aromatic hydroxyl groups is 1. The second-order valence-electron chi connectivity index (χ2n) is 4.03. The minimum Gasteiger partial charge on any atom is -0.508 e. The first-order chi connectivity index (χ1) is 8.08. The first kappa shape index (κ1) is 12.3. The standard InChI is InChI=1S/C12H14FNO2S/c1-8(17)14-4-5-16-12(7-14)10-3-2-9(15)6-11(10)13/h2-3,6,12,15H,4-5,7H2,1H3. The van der Waals surface area contributed by atoms with Crippen molar-refractivity contribution in [2.24, 2.45) is 0 Å². The number of thiocarbonyl (C=S) groups is 1. The zero-order chi connectivity index (χ0) is 12.4. The summed E-state index contributed by atoms with van der Waals surface area (Å²) >= 11 is 5.11. The van der Waals surface area contributed by atoms with Gasteiger partial charge in [0.15, 0.2) is 0 Å². The van der Waals surface area contributed by atoms with Crippen LogP contribution in [0.25, 0.3) is 0 Å². The Hall–Kier alpha value is -1.20. The molecule has 1 aromatic rings. The minimum atomic E-state index is -0.445. The molecular formula is C12H14FNO2S. The molecule has 1 aliphatic heterocycles. The van der Waals surface area contributed by atoms with Gasteiger partial charge in [0, 0.05) is 24.7 Å². The first-order valence-electron chi connectivity index (χ1n) is 5.43. The maximum atomic E-state index is 13.7. The van der Waals surface area contributed by atoms with Gasteiger partial charge in [0.05, 0.1) is 11.6 Å². The summed E-state index contributed by atoms with van der Waals surface area (Å²) in [5.41, 5.74) is 0.462. The highest BCUT2D eigenvalue weighted by atomic mass is 32.1. The lowest BCUT2D eigenvalue weighted by Crippen LogP contribution is -2.40. The second-order valence-corrected chi connectivity index (χ2v) is 4.62. The van der Waals surface area contributed by atoms with Crippen LogP contribution in [-0.4, -0.2) is 34.7 Å². The number of hydrogen-bond donors (Lipinski definition) is 1. The molecule has 1 N–H and O–H groups in total. The summed E-state index contributed by atoms with van der Waals surface area (Å²) in [6, 6.07) is 4.12. The molecule has 0 aliphatic carbocycles. The van der Waals surface area contributed by atoms with E-state index in [1.165, 1.54) is 6.07 Å². The van der Waals surface area contributed by atoms with Crippen LogP contribution in [0.3, 0.4) is 0 Å². The summed E-state index contributed by atoms with van der Waals surface area (Å²) in [5, 5.41) is 9.16. The zero-order valence-electron chi connectivity index (χ0n) is 9.52. The van der Waals surface area contributed by atoms with E-state index in [9.17, 15) is 4.39 Å². The Morgan fingerprint density at radius 1 is 1.59 bits per heavy atom. The smallest absolute Gasteiger partial charge is 0.132 e. The van der Waals surface area contributed by atoms with E-state index >= 15 is 0 Å². The molecule has 0 spiro atoms. The highest BCUT2D eigenvalue weighted by molar-refractivity contribution is 7.80. The van der Waals surface area contributed by atoms with Crippen LogP contribution in [0.15, 0.2) is 18.2 Å². The Balaban J connectivity index is 2.19. The average Bonchev–Trinajstić information content (AvgIpc) is 2.29. The monoisotopic (exact) mass is 255 g/mol. The molecule has 1 atom stereocenters. The highest BCUT2D eigenvalue weighted by Crippen LogP contribution is 2.26. The number of benzene rings is 1. The lowest BCUT2D eigenvalue weighted by Gasteiger charge is -2.34. The number of morpholine rings is 1. The average molecular weight is 255 g/mol. The molecule has 1 fully saturated rings.